The SMILES string of the molecule is CN=C(NCc1ncc(C)s1)NCc1ccccc1CN1CC(C)OC(C)C1. The number of nitrogens with one attached hydrogen (secondary N) is 2. The number of thiazole rings is 1. The van der Waals surface area contributed by atoms with Crippen molar-refractivity contribution in [1.29, 1.82) is 0 Å². The number of hydrogen-bond donors (Lipinski definition) is 2. The van der Waals surface area contributed by atoms with Crippen LogP contribution >= 0.6 is 11.3 Å². The molecule has 2 atom stereocenters. The lowest BCUT2D eigenvalue weighted by atomic mass is 10.1. The van der Waals surface area contributed by atoms with Gasteiger partial charge in [-0.15, -0.1) is 11.3 Å². The molecule has 2 unspecified atom stereocenters. The first-order valence-corrected chi connectivity index (χ1v) is 10.7. The van der Waals surface area contributed by atoms with Gasteiger partial charge in [0.1, 0.15) is 5.01 Å². The molecular weight excluding hydrogens is 370 g/mol. The Balaban J connectivity index is 1.56. The lowest BCUT2D eigenvalue weighted by Crippen LogP contribution is -2.45. The summed E-state index contributed by atoms with van der Waals surface area (Å²) in [7, 11) is 1.80. The number of aromatic nitrogens is 1. The standard InChI is InChI=1S/C21H31N5OS/c1-15-12-26(13-16(2)27-15)14-19-8-6-5-7-18(19)10-24-21(22-4)25-11-20-23-9-17(3)28-20/h5-9,15-16H,10-14H2,1-4H3,(H2,22,24,25). The van der Waals surface area contributed by atoms with Crippen LogP contribution in [0.2, 0.25) is 0 Å². The topological polar surface area (TPSA) is 61.8 Å². The van der Waals surface area contributed by atoms with Crippen LogP contribution in [0, 0.1) is 6.92 Å². The summed E-state index contributed by atoms with van der Waals surface area (Å²) in [6.45, 7) is 10.7. The highest BCUT2D eigenvalue weighted by molar-refractivity contribution is 7.11. The third kappa shape index (κ3) is 6.02. The summed E-state index contributed by atoms with van der Waals surface area (Å²) in [5, 5.41) is 7.84. The van der Waals surface area contributed by atoms with E-state index in [2.05, 4.69) is 70.5 Å². The summed E-state index contributed by atoms with van der Waals surface area (Å²) >= 11 is 1.70. The zero-order valence-corrected chi connectivity index (χ0v) is 18.1. The van der Waals surface area contributed by atoms with Crippen LogP contribution < -0.4 is 10.6 Å². The van der Waals surface area contributed by atoms with Crippen molar-refractivity contribution in [3.05, 3.63) is 51.5 Å². The van der Waals surface area contributed by atoms with E-state index in [0.29, 0.717) is 6.54 Å². The predicted molar refractivity (Wildman–Crippen MR) is 116 cm³/mol. The Morgan fingerprint density at radius 3 is 2.50 bits per heavy atom. The third-order valence-corrected chi connectivity index (χ3v) is 5.67. The van der Waals surface area contributed by atoms with Gasteiger partial charge in [0, 0.05) is 44.3 Å². The Morgan fingerprint density at radius 1 is 1.18 bits per heavy atom. The lowest BCUT2D eigenvalue weighted by Gasteiger charge is -2.35. The van der Waals surface area contributed by atoms with Crippen LogP contribution in [0.3, 0.4) is 0 Å². The summed E-state index contributed by atoms with van der Waals surface area (Å²) in [5.41, 5.74) is 2.64. The number of guanidine groups is 1. The van der Waals surface area contributed by atoms with Crippen molar-refractivity contribution < 1.29 is 4.74 Å². The smallest absolute Gasteiger partial charge is 0.191 e. The quantitative estimate of drug-likeness (QED) is 0.576. The second-order valence-corrected chi connectivity index (χ2v) is 8.68. The molecule has 0 bridgehead atoms. The monoisotopic (exact) mass is 401 g/mol. The van der Waals surface area contributed by atoms with E-state index in [4.69, 9.17) is 4.74 Å². The van der Waals surface area contributed by atoms with E-state index in [1.807, 2.05) is 6.20 Å². The Hall–Kier alpha value is -1.96. The van der Waals surface area contributed by atoms with E-state index in [0.717, 1.165) is 37.1 Å². The molecule has 0 radical (unpaired) electrons. The molecule has 2 N–H and O–H groups in total. The van der Waals surface area contributed by atoms with Gasteiger partial charge in [-0.2, -0.15) is 0 Å². The van der Waals surface area contributed by atoms with Crippen LogP contribution in [0.1, 0.15) is 34.9 Å². The molecule has 1 aromatic carbocycles. The first kappa shape index (κ1) is 20.8. The van der Waals surface area contributed by atoms with Crippen LogP contribution in [0.5, 0.6) is 0 Å². The second-order valence-electron chi connectivity index (χ2n) is 7.36. The van der Waals surface area contributed by atoms with E-state index >= 15 is 0 Å². The highest BCUT2D eigenvalue weighted by Gasteiger charge is 2.22. The van der Waals surface area contributed by atoms with Gasteiger partial charge >= 0.3 is 0 Å². The Kier molecular flexibility index (Phi) is 7.42. The van der Waals surface area contributed by atoms with Crippen molar-refractivity contribution in [2.24, 2.45) is 4.99 Å². The molecule has 152 valence electrons. The second kappa shape index (κ2) is 10.0. The van der Waals surface area contributed by atoms with Crippen molar-refractivity contribution in [3.63, 3.8) is 0 Å². The van der Waals surface area contributed by atoms with Gasteiger partial charge in [-0.3, -0.25) is 9.89 Å². The van der Waals surface area contributed by atoms with Crippen molar-refractivity contribution in [2.75, 3.05) is 20.1 Å². The lowest BCUT2D eigenvalue weighted by molar-refractivity contribution is -0.0705. The number of rotatable bonds is 6. The molecule has 2 heterocycles. The average Bonchev–Trinajstić information content (AvgIpc) is 3.07. The molecule has 0 amide bonds. The highest BCUT2D eigenvalue weighted by Crippen LogP contribution is 2.17. The molecule has 1 aliphatic heterocycles. The van der Waals surface area contributed by atoms with Crippen molar-refractivity contribution in [2.45, 2.75) is 52.6 Å². The van der Waals surface area contributed by atoms with Crippen LogP contribution in [0.4, 0.5) is 0 Å². The summed E-state index contributed by atoms with van der Waals surface area (Å²) in [6.07, 6.45) is 2.47. The molecule has 1 aliphatic rings. The molecule has 6 nitrogen and oxygen atoms in total. The molecule has 2 aromatic rings. The summed E-state index contributed by atoms with van der Waals surface area (Å²) < 4.78 is 5.86. The van der Waals surface area contributed by atoms with Gasteiger partial charge in [0.15, 0.2) is 5.96 Å². The number of aliphatic imine (C=N–C) groups is 1. The minimum atomic E-state index is 0.284. The first-order valence-electron chi connectivity index (χ1n) is 9.84. The molecule has 1 saturated heterocycles. The average molecular weight is 402 g/mol. The Bertz CT molecular complexity index is 781. The van der Waals surface area contributed by atoms with Crippen molar-refractivity contribution >= 4 is 17.3 Å². The Morgan fingerprint density at radius 2 is 1.86 bits per heavy atom. The van der Waals surface area contributed by atoms with Crippen LogP contribution in [0.25, 0.3) is 0 Å². The number of aryl methyl sites for hydroxylation is 1. The fourth-order valence-corrected chi connectivity index (χ4v) is 4.31. The highest BCUT2D eigenvalue weighted by atomic mass is 32.1. The Labute approximate surface area is 172 Å². The summed E-state index contributed by atoms with van der Waals surface area (Å²) in [4.78, 5) is 12.4. The number of hydrogen-bond acceptors (Lipinski definition) is 5. The van der Waals surface area contributed by atoms with Crippen molar-refractivity contribution in [1.82, 2.24) is 20.5 Å². The molecule has 0 aliphatic carbocycles. The van der Waals surface area contributed by atoms with Crippen LogP contribution in [-0.2, 0) is 24.4 Å². The number of benzene rings is 1. The van der Waals surface area contributed by atoms with Crippen molar-refractivity contribution in [3.8, 4) is 0 Å². The normalized spacial score (nSPS) is 20.9. The van der Waals surface area contributed by atoms with E-state index in [-0.39, 0.29) is 12.2 Å². The molecule has 1 aromatic heterocycles. The largest absolute Gasteiger partial charge is 0.373 e. The van der Waals surface area contributed by atoms with Gasteiger partial charge in [0.25, 0.3) is 0 Å². The molecule has 3 rings (SSSR count). The van der Waals surface area contributed by atoms with Crippen LogP contribution in [-0.4, -0.2) is 48.2 Å². The molecular formula is C21H31N5OS. The zero-order chi connectivity index (χ0) is 19.9. The predicted octanol–water partition coefficient (Wildman–Crippen LogP) is 2.93. The van der Waals surface area contributed by atoms with E-state index in [1.54, 1.807) is 18.4 Å². The molecule has 1 fully saturated rings. The van der Waals surface area contributed by atoms with E-state index < -0.39 is 0 Å². The van der Waals surface area contributed by atoms with Crippen LogP contribution in [0.15, 0.2) is 35.5 Å². The first-order chi connectivity index (χ1) is 13.5. The maximum absolute atomic E-state index is 5.86. The number of nitrogens with zero attached hydrogens (tertiary/aromatic N) is 3. The molecule has 0 spiro atoms. The van der Waals surface area contributed by atoms with E-state index in [1.165, 1.54) is 16.0 Å². The molecule has 0 saturated carbocycles. The van der Waals surface area contributed by atoms with Gasteiger partial charge in [0.05, 0.1) is 18.8 Å². The van der Waals surface area contributed by atoms with Gasteiger partial charge in [0.2, 0.25) is 0 Å². The van der Waals surface area contributed by atoms with E-state index in [9.17, 15) is 0 Å². The summed E-state index contributed by atoms with van der Waals surface area (Å²) in [5.74, 6) is 0.788. The van der Waals surface area contributed by atoms with Gasteiger partial charge in [-0.1, -0.05) is 24.3 Å². The van der Waals surface area contributed by atoms with Gasteiger partial charge in [-0.05, 0) is 31.9 Å². The fourth-order valence-electron chi connectivity index (χ4n) is 3.58. The molecule has 28 heavy (non-hydrogen) atoms. The zero-order valence-electron chi connectivity index (χ0n) is 17.2. The summed E-state index contributed by atoms with van der Waals surface area (Å²) in [6, 6.07) is 8.62. The fraction of sp³-hybridized carbons (Fsp3) is 0.524. The number of ether oxygens (including phenoxy) is 1. The van der Waals surface area contributed by atoms with Gasteiger partial charge < -0.3 is 15.4 Å². The van der Waals surface area contributed by atoms with Gasteiger partial charge in [-0.25, -0.2) is 4.98 Å². The third-order valence-electron chi connectivity index (χ3n) is 4.75. The minimum absolute atomic E-state index is 0.284. The number of morpholine rings is 1. The molecule has 7 heteroatoms. The minimum Gasteiger partial charge on any atom is -0.373 e. The maximum atomic E-state index is 5.86. The maximum Gasteiger partial charge on any atom is 0.191 e.